The minimum absolute atomic E-state index is 0.566. The van der Waals surface area contributed by atoms with E-state index in [0.717, 1.165) is 23.4 Å². The molecule has 146 valence electrons. The summed E-state index contributed by atoms with van der Waals surface area (Å²) >= 11 is 6.33. The molecular weight excluding hydrogens is 374 g/mol. The van der Waals surface area contributed by atoms with Gasteiger partial charge in [-0.3, -0.25) is 0 Å². The van der Waals surface area contributed by atoms with E-state index >= 15 is 0 Å². The van der Waals surface area contributed by atoms with Crippen LogP contribution in [0.5, 0.6) is 17.2 Å². The molecular formula is C23H24ClNO3. The maximum Gasteiger partial charge on any atom is 0.162 e. The van der Waals surface area contributed by atoms with Crippen molar-refractivity contribution in [2.24, 2.45) is 0 Å². The molecule has 0 aliphatic heterocycles. The van der Waals surface area contributed by atoms with E-state index in [4.69, 9.17) is 25.8 Å². The van der Waals surface area contributed by atoms with E-state index in [0.29, 0.717) is 29.7 Å². The largest absolute Gasteiger partial charge is 0.493 e. The molecule has 0 amide bonds. The minimum Gasteiger partial charge on any atom is -0.493 e. The number of nitrogens with one attached hydrogen (secondary N) is 1. The van der Waals surface area contributed by atoms with E-state index in [1.165, 1.54) is 5.56 Å². The second-order valence-corrected chi connectivity index (χ2v) is 6.73. The van der Waals surface area contributed by atoms with Crippen molar-refractivity contribution in [2.75, 3.05) is 14.2 Å². The van der Waals surface area contributed by atoms with Crippen LogP contribution >= 0.6 is 11.6 Å². The highest BCUT2D eigenvalue weighted by molar-refractivity contribution is 6.31. The lowest BCUT2D eigenvalue weighted by Gasteiger charge is -2.12. The third-order valence-electron chi connectivity index (χ3n) is 4.37. The second-order valence-electron chi connectivity index (χ2n) is 6.32. The third-order valence-corrected chi connectivity index (χ3v) is 4.72. The molecule has 0 saturated carbocycles. The Morgan fingerprint density at radius 2 is 1.46 bits per heavy atom. The minimum atomic E-state index is 0.566. The van der Waals surface area contributed by atoms with Crippen molar-refractivity contribution < 1.29 is 14.2 Å². The van der Waals surface area contributed by atoms with Gasteiger partial charge in [-0.1, -0.05) is 54.1 Å². The topological polar surface area (TPSA) is 39.7 Å². The zero-order valence-corrected chi connectivity index (χ0v) is 16.8. The van der Waals surface area contributed by atoms with Crippen LogP contribution in [-0.4, -0.2) is 14.2 Å². The normalized spacial score (nSPS) is 10.5. The second kappa shape index (κ2) is 10.0. The van der Waals surface area contributed by atoms with Crippen molar-refractivity contribution in [3.63, 3.8) is 0 Å². The summed E-state index contributed by atoms with van der Waals surface area (Å²) in [4.78, 5) is 0. The van der Waals surface area contributed by atoms with Crippen LogP contribution < -0.4 is 19.5 Å². The van der Waals surface area contributed by atoms with E-state index in [2.05, 4.69) is 29.6 Å². The van der Waals surface area contributed by atoms with Crippen molar-refractivity contribution in [3.8, 4) is 17.2 Å². The van der Waals surface area contributed by atoms with Crippen LogP contribution in [0.2, 0.25) is 5.02 Å². The molecule has 3 aromatic rings. The summed E-state index contributed by atoms with van der Waals surface area (Å²) in [6, 6.07) is 21.9. The quantitative estimate of drug-likeness (QED) is 0.537. The summed E-state index contributed by atoms with van der Waals surface area (Å²) in [6.07, 6.45) is 0. The van der Waals surface area contributed by atoms with Gasteiger partial charge in [0, 0.05) is 24.2 Å². The molecule has 0 aliphatic carbocycles. The number of halogens is 1. The molecule has 4 nitrogen and oxygen atoms in total. The predicted octanol–water partition coefficient (Wildman–Crippen LogP) is 5.23. The van der Waals surface area contributed by atoms with E-state index < -0.39 is 0 Å². The van der Waals surface area contributed by atoms with Crippen LogP contribution in [0.25, 0.3) is 0 Å². The molecule has 0 aliphatic rings. The number of benzene rings is 3. The lowest BCUT2D eigenvalue weighted by molar-refractivity contribution is 0.306. The van der Waals surface area contributed by atoms with Crippen molar-refractivity contribution >= 4 is 11.6 Å². The van der Waals surface area contributed by atoms with Gasteiger partial charge in [0.05, 0.1) is 14.2 Å². The van der Waals surface area contributed by atoms with Gasteiger partial charge in [-0.2, -0.15) is 0 Å². The molecule has 0 atom stereocenters. The Labute approximate surface area is 171 Å². The highest BCUT2D eigenvalue weighted by Gasteiger charge is 2.09. The molecule has 0 radical (unpaired) electrons. The molecule has 0 heterocycles. The summed E-state index contributed by atoms with van der Waals surface area (Å²) < 4.78 is 16.4. The monoisotopic (exact) mass is 397 g/mol. The first-order chi connectivity index (χ1) is 13.7. The Hall–Kier alpha value is -2.69. The fraction of sp³-hybridized carbons (Fsp3) is 0.217. The molecule has 0 fully saturated rings. The van der Waals surface area contributed by atoms with E-state index in [-0.39, 0.29) is 0 Å². The number of hydrogen-bond acceptors (Lipinski definition) is 4. The molecule has 0 spiro atoms. The van der Waals surface area contributed by atoms with Gasteiger partial charge in [0.15, 0.2) is 11.5 Å². The standard InChI is InChI=1S/C23H24ClNO3/c1-26-22-12-19(21(24)13-23(22)27-2)15-25-14-17-8-10-20(11-9-17)28-16-18-6-4-3-5-7-18/h3-13,25H,14-16H2,1-2H3. The maximum atomic E-state index is 6.33. The van der Waals surface area contributed by atoms with Gasteiger partial charge >= 0.3 is 0 Å². The first kappa shape index (κ1) is 20.1. The molecule has 1 N–H and O–H groups in total. The maximum absolute atomic E-state index is 6.33. The Kier molecular flexibility index (Phi) is 7.18. The van der Waals surface area contributed by atoms with Crippen LogP contribution in [0.3, 0.4) is 0 Å². The summed E-state index contributed by atoms with van der Waals surface area (Å²) in [5.41, 5.74) is 3.28. The summed E-state index contributed by atoms with van der Waals surface area (Å²) in [5, 5.41) is 4.05. The van der Waals surface area contributed by atoms with E-state index in [1.54, 1.807) is 20.3 Å². The summed E-state index contributed by atoms with van der Waals surface area (Å²) in [6.45, 7) is 1.92. The van der Waals surface area contributed by atoms with Gasteiger partial charge < -0.3 is 19.5 Å². The molecule has 0 unspecified atom stereocenters. The highest BCUT2D eigenvalue weighted by atomic mass is 35.5. The Morgan fingerprint density at radius 1 is 0.786 bits per heavy atom. The molecule has 5 heteroatoms. The number of ether oxygens (including phenoxy) is 3. The summed E-state index contributed by atoms with van der Waals surface area (Å²) in [7, 11) is 3.21. The van der Waals surface area contributed by atoms with Crippen molar-refractivity contribution in [1.29, 1.82) is 0 Å². The average molecular weight is 398 g/mol. The fourth-order valence-electron chi connectivity index (χ4n) is 2.82. The van der Waals surface area contributed by atoms with Gasteiger partial charge in [-0.15, -0.1) is 0 Å². The zero-order valence-electron chi connectivity index (χ0n) is 16.1. The van der Waals surface area contributed by atoms with Gasteiger partial charge in [0.1, 0.15) is 12.4 Å². The first-order valence-corrected chi connectivity index (χ1v) is 9.44. The van der Waals surface area contributed by atoms with Crippen molar-refractivity contribution in [3.05, 3.63) is 88.4 Å². The predicted molar refractivity (Wildman–Crippen MR) is 112 cm³/mol. The molecule has 28 heavy (non-hydrogen) atoms. The average Bonchev–Trinajstić information content (AvgIpc) is 2.74. The van der Waals surface area contributed by atoms with Gasteiger partial charge in [0.25, 0.3) is 0 Å². The smallest absolute Gasteiger partial charge is 0.162 e. The van der Waals surface area contributed by atoms with E-state index in [9.17, 15) is 0 Å². The van der Waals surface area contributed by atoms with Gasteiger partial charge in [-0.05, 0) is 34.9 Å². The fourth-order valence-corrected chi connectivity index (χ4v) is 3.04. The number of rotatable bonds is 9. The van der Waals surface area contributed by atoms with Crippen LogP contribution in [0.4, 0.5) is 0 Å². The molecule has 0 bridgehead atoms. The number of hydrogen-bond donors (Lipinski definition) is 1. The Bertz CT molecular complexity index is 882. The van der Waals surface area contributed by atoms with Gasteiger partial charge in [0.2, 0.25) is 0 Å². The van der Waals surface area contributed by atoms with Crippen LogP contribution in [0.15, 0.2) is 66.7 Å². The molecule has 0 aromatic heterocycles. The van der Waals surface area contributed by atoms with Crippen LogP contribution in [0, 0.1) is 0 Å². The SMILES string of the molecule is COc1cc(Cl)c(CNCc2ccc(OCc3ccccc3)cc2)cc1OC. The Morgan fingerprint density at radius 3 is 2.14 bits per heavy atom. The van der Waals surface area contributed by atoms with Gasteiger partial charge in [-0.25, -0.2) is 0 Å². The van der Waals surface area contributed by atoms with E-state index in [1.807, 2.05) is 36.4 Å². The third kappa shape index (κ3) is 5.41. The first-order valence-electron chi connectivity index (χ1n) is 9.06. The van der Waals surface area contributed by atoms with Crippen LogP contribution in [-0.2, 0) is 19.7 Å². The summed E-state index contributed by atoms with van der Waals surface area (Å²) in [5.74, 6) is 2.15. The number of methoxy groups -OCH3 is 2. The molecule has 0 saturated heterocycles. The molecule has 3 aromatic carbocycles. The molecule has 3 rings (SSSR count). The lowest BCUT2D eigenvalue weighted by atomic mass is 10.1. The lowest BCUT2D eigenvalue weighted by Crippen LogP contribution is -2.13. The Balaban J connectivity index is 1.51. The zero-order chi connectivity index (χ0) is 19.8. The van der Waals surface area contributed by atoms with Crippen molar-refractivity contribution in [2.45, 2.75) is 19.7 Å². The van der Waals surface area contributed by atoms with Crippen molar-refractivity contribution in [1.82, 2.24) is 5.32 Å². The highest BCUT2D eigenvalue weighted by Crippen LogP contribution is 2.33. The van der Waals surface area contributed by atoms with Crippen LogP contribution in [0.1, 0.15) is 16.7 Å².